The molecular weight excluding hydrogens is 292 g/mol. The molecule has 2 N–H and O–H groups in total. The summed E-state index contributed by atoms with van der Waals surface area (Å²) in [5, 5.41) is 5.67. The predicted molar refractivity (Wildman–Crippen MR) is 87.3 cm³/mol. The van der Waals surface area contributed by atoms with E-state index in [0.717, 1.165) is 11.4 Å². The monoisotopic (exact) mass is 310 g/mol. The third kappa shape index (κ3) is 3.31. The summed E-state index contributed by atoms with van der Waals surface area (Å²) in [7, 11) is 0. The standard InChI is InChI=1S/C17H18N4O2/c1-12(15-4-2-3-9-18-15)20-16(22)13-5-7-14(8-6-13)21-11-10-19-17(21)23/h2-9,12H,10-11H2,1H3,(H,19,23)(H,20,22)/t12-/m0/s1. The molecule has 1 aromatic heterocycles. The number of benzene rings is 1. The molecule has 1 saturated heterocycles. The second-order valence-electron chi connectivity index (χ2n) is 5.38. The molecule has 2 heterocycles. The number of amides is 3. The van der Waals surface area contributed by atoms with E-state index in [-0.39, 0.29) is 18.0 Å². The van der Waals surface area contributed by atoms with Crippen LogP contribution in [0.1, 0.15) is 29.0 Å². The van der Waals surface area contributed by atoms with Crippen LogP contribution in [0.4, 0.5) is 10.5 Å². The highest BCUT2D eigenvalue weighted by Crippen LogP contribution is 2.18. The number of carbonyl (C=O) groups is 2. The highest BCUT2D eigenvalue weighted by molar-refractivity contribution is 5.97. The van der Waals surface area contributed by atoms with Crippen LogP contribution in [0.5, 0.6) is 0 Å². The van der Waals surface area contributed by atoms with Crippen molar-refractivity contribution in [3.8, 4) is 0 Å². The topological polar surface area (TPSA) is 74.3 Å². The molecule has 6 heteroatoms. The average Bonchev–Trinajstić information content (AvgIpc) is 3.02. The summed E-state index contributed by atoms with van der Waals surface area (Å²) in [6.45, 7) is 3.17. The van der Waals surface area contributed by atoms with Crippen molar-refractivity contribution in [3.05, 3.63) is 59.9 Å². The van der Waals surface area contributed by atoms with E-state index in [1.54, 1.807) is 35.4 Å². The smallest absolute Gasteiger partial charge is 0.321 e. The van der Waals surface area contributed by atoms with Gasteiger partial charge in [-0.1, -0.05) is 6.07 Å². The Morgan fingerprint density at radius 3 is 2.65 bits per heavy atom. The maximum Gasteiger partial charge on any atom is 0.321 e. The first-order valence-electron chi connectivity index (χ1n) is 7.52. The predicted octanol–water partition coefficient (Wildman–Crippen LogP) is 2.10. The quantitative estimate of drug-likeness (QED) is 0.908. The fraction of sp³-hybridized carbons (Fsp3) is 0.235. The third-order valence-electron chi connectivity index (χ3n) is 3.78. The van der Waals surface area contributed by atoms with E-state index in [9.17, 15) is 9.59 Å². The lowest BCUT2D eigenvalue weighted by Crippen LogP contribution is -2.28. The number of urea groups is 1. The minimum Gasteiger partial charge on any atom is -0.344 e. The lowest BCUT2D eigenvalue weighted by Gasteiger charge is -2.16. The van der Waals surface area contributed by atoms with Crippen molar-refractivity contribution in [2.45, 2.75) is 13.0 Å². The molecule has 0 saturated carbocycles. The van der Waals surface area contributed by atoms with Gasteiger partial charge in [0.2, 0.25) is 0 Å². The fourth-order valence-electron chi connectivity index (χ4n) is 2.50. The lowest BCUT2D eigenvalue weighted by atomic mass is 10.1. The van der Waals surface area contributed by atoms with Gasteiger partial charge >= 0.3 is 6.03 Å². The van der Waals surface area contributed by atoms with Gasteiger partial charge in [-0.3, -0.25) is 14.7 Å². The summed E-state index contributed by atoms with van der Waals surface area (Å²) in [5.41, 5.74) is 2.15. The van der Waals surface area contributed by atoms with Crippen molar-refractivity contribution in [1.82, 2.24) is 15.6 Å². The number of pyridine rings is 1. The Bertz CT molecular complexity index is 700. The van der Waals surface area contributed by atoms with Gasteiger partial charge in [-0.2, -0.15) is 0 Å². The fourth-order valence-corrected chi connectivity index (χ4v) is 2.50. The van der Waals surface area contributed by atoms with Crippen molar-refractivity contribution < 1.29 is 9.59 Å². The zero-order chi connectivity index (χ0) is 16.2. The minimum atomic E-state index is -0.173. The van der Waals surface area contributed by atoms with Crippen LogP contribution in [0, 0.1) is 0 Å². The number of nitrogens with zero attached hydrogens (tertiary/aromatic N) is 2. The minimum absolute atomic E-state index is 0.106. The number of hydrogen-bond donors (Lipinski definition) is 2. The molecule has 0 spiro atoms. The Balaban J connectivity index is 1.67. The van der Waals surface area contributed by atoms with E-state index in [1.807, 2.05) is 25.1 Å². The van der Waals surface area contributed by atoms with Crippen molar-refractivity contribution in [2.75, 3.05) is 18.0 Å². The molecule has 3 amide bonds. The van der Waals surface area contributed by atoms with E-state index in [1.165, 1.54) is 0 Å². The van der Waals surface area contributed by atoms with Crippen LogP contribution in [-0.2, 0) is 0 Å². The normalized spacial score (nSPS) is 15.2. The maximum absolute atomic E-state index is 12.3. The van der Waals surface area contributed by atoms with E-state index >= 15 is 0 Å². The largest absolute Gasteiger partial charge is 0.344 e. The Hall–Kier alpha value is -2.89. The number of nitrogens with one attached hydrogen (secondary N) is 2. The van der Waals surface area contributed by atoms with E-state index in [2.05, 4.69) is 15.6 Å². The number of anilines is 1. The Kier molecular flexibility index (Phi) is 4.23. The SMILES string of the molecule is C[C@H](NC(=O)c1ccc(N2CCNC2=O)cc1)c1ccccn1. The zero-order valence-electron chi connectivity index (χ0n) is 12.8. The number of aromatic nitrogens is 1. The van der Waals surface area contributed by atoms with Gasteiger partial charge in [0.05, 0.1) is 11.7 Å². The van der Waals surface area contributed by atoms with Gasteiger partial charge in [-0.25, -0.2) is 4.79 Å². The van der Waals surface area contributed by atoms with Gasteiger partial charge in [0.25, 0.3) is 5.91 Å². The molecule has 3 rings (SSSR count). The van der Waals surface area contributed by atoms with Gasteiger partial charge in [0, 0.05) is 30.5 Å². The van der Waals surface area contributed by atoms with Gasteiger partial charge in [0.1, 0.15) is 0 Å². The summed E-state index contributed by atoms with van der Waals surface area (Å²) in [6.07, 6.45) is 1.70. The molecule has 1 fully saturated rings. The lowest BCUT2D eigenvalue weighted by molar-refractivity contribution is 0.0939. The van der Waals surface area contributed by atoms with Crippen LogP contribution >= 0.6 is 0 Å². The van der Waals surface area contributed by atoms with Crippen LogP contribution < -0.4 is 15.5 Å². The molecule has 6 nitrogen and oxygen atoms in total. The summed E-state index contributed by atoms with van der Waals surface area (Å²) in [5.74, 6) is -0.166. The van der Waals surface area contributed by atoms with E-state index < -0.39 is 0 Å². The molecular formula is C17H18N4O2. The van der Waals surface area contributed by atoms with Crippen LogP contribution in [-0.4, -0.2) is 30.0 Å². The van der Waals surface area contributed by atoms with Crippen molar-refractivity contribution >= 4 is 17.6 Å². The zero-order valence-corrected chi connectivity index (χ0v) is 12.8. The molecule has 1 aliphatic rings. The molecule has 1 aromatic carbocycles. The van der Waals surface area contributed by atoms with E-state index in [0.29, 0.717) is 18.7 Å². The molecule has 0 aliphatic carbocycles. The second kappa shape index (κ2) is 6.48. The molecule has 2 aromatic rings. The summed E-state index contributed by atoms with van der Waals surface area (Å²) < 4.78 is 0. The molecule has 118 valence electrons. The van der Waals surface area contributed by atoms with Crippen molar-refractivity contribution in [1.29, 1.82) is 0 Å². The summed E-state index contributed by atoms with van der Waals surface area (Å²) in [4.78, 5) is 29.8. The van der Waals surface area contributed by atoms with Gasteiger partial charge in [-0.15, -0.1) is 0 Å². The first kappa shape index (κ1) is 15.0. The Labute approximate surface area is 134 Å². The van der Waals surface area contributed by atoms with Gasteiger partial charge in [0.15, 0.2) is 0 Å². The van der Waals surface area contributed by atoms with Gasteiger partial charge < -0.3 is 10.6 Å². The molecule has 0 bridgehead atoms. The molecule has 0 unspecified atom stereocenters. The average molecular weight is 310 g/mol. The first-order chi connectivity index (χ1) is 11.1. The highest BCUT2D eigenvalue weighted by Gasteiger charge is 2.21. The molecule has 0 radical (unpaired) electrons. The maximum atomic E-state index is 12.3. The number of rotatable bonds is 4. The Morgan fingerprint density at radius 1 is 1.26 bits per heavy atom. The molecule has 1 aliphatic heterocycles. The Morgan fingerprint density at radius 2 is 2.04 bits per heavy atom. The summed E-state index contributed by atoms with van der Waals surface area (Å²) >= 11 is 0. The van der Waals surface area contributed by atoms with Crippen molar-refractivity contribution in [3.63, 3.8) is 0 Å². The van der Waals surface area contributed by atoms with Crippen LogP contribution in [0.15, 0.2) is 48.7 Å². The first-order valence-corrected chi connectivity index (χ1v) is 7.52. The second-order valence-corrected chi connectivity index (χ2v) is 5.38. The molecule has 1 atom stereocenters. The van der Waals surface area contributed by atoms with Gasteiger partial charge in [-0.05, 0) is 43.3 Å². The van der Waals surface area contributed by atoms with Crippen molar-refractivity contribution in [2.24, 2.45) is 0 Å². The van der Waals surface area contributed by atoms with Crippen LogP contribution in [0.25, 0.3) is 0 Å². The number of hydrogen-bond acceptors (Lipinski definition) is 3. The van der Waals surface area contributed by atoms with Crippen LogP contribution in [0.2, 0.25) is 0 Å². The summed E-state index contributed by atoms with van der Waals surface area (Å²) in [6, 6.07) is 12.3. The van der Waals surface area contributed by atoms with Crippen LogP contribution in [0.3, 0.4) is 0 Å². The third-order valence-corrected chi connectivity index (χ3v) is 3.78. The molecule has 23 heavy (non-hydrogen) atoms. The highest BCUT2D eigenvalue weighted by atomic mass is 16.2. The number of carbonyl (C=O) groups excluding carboxylic acids is 2. The van der Waals surface area contributed by atoms with E-state index in [4.69, 9.17) is 0 Å².